The molecule has 2 aromatic carbocycles. The first kappa shape index (κ1) is 22.4. The Bertz CT molecular complexity index is 1030. The molecule has 2 fully saturated rings. The van der Waals surface area contributed by atoms with E-state index in [0.717, 1.165) is 24.2 Å². The van der Waals surface area contributed by atoms with Gasteiger partial charge in [0.05, 0.1) is 0 Å². The average Bonchev–Trinajstić information content (AvgIpc) is 3.00. The van der Waals surface area contributed by atoms with Crippen LogP contribution in [-0.2, 0) is 9.59 Å². The highest BCUT2D eigenvalue weighted by molar-refractivity contribution is 7.99. The van der Waals surface area contributed by atoms with Gasteiger partial charge in [0.15, 0.2) is 0 Å². The molecule has 0 atom stereocenters. The Morgan fingerprint density at radius 3 is 2.38 bits per heavy atom. The van der Waals surface area contributed by atoms with Gasteiger partial charge in [-0.25, -0.2) is 4.79 Å². The van der Waals surface area contributed by atoms with Crippen molar-refractivity contribution in [2.24, 2.45) is 0 Å². The quantitative estimate of drug-likeness (QED) is 0.603. The molecule has 1 saturated heterocycles. The maximum atomic E-state index is 12.8. The third kappa shape index (κ3) is 4.83. The normalized spacial score (nSPS) is 17.5. The monoisotopic (exact) mass is 451 g/mol. The Labute approximate surface area is 193 Å². The summed E-state index contributed by atoms with van der Waals surface area (Å²) in [5.74, 6) is -0.396. The summed E-state index contributed by atoms with van der Waals surface area (Å²) in [5, 5.41) is 5.73. The first-order valence-electron chi connectivity index (χ1n) is 11.2. The number of anilines is 1. The molecule has 4 rings (SSSR count). The number of nitrogens with one attached hydrogen (secondary N) is 2. The molecule has 32 heavy (non-hydrogen) atoms. The number of hydrogen-bond donors (Lipinski definition) is 2. The van der Waals surface area contributed by atoms with Gasteiger partial charge in [0.25, 0.3) is 5.91 Å². The van der Waals surface area contributed by atoms with Gasteiger partial charge in [-0.2, -0.15) is 0 Å². The van der Waals surface area contributed by atoms with Gasteiger partial charge in [-0.15, -0.1) is 0 Å². The zero-order valence-electron chi connectivity index (χ0n) is 18.6. The van der Waals surface area contributed by atoms with Crippen molar-refractivity contribution in [3.8, 4) is 0 Å². The molecule has 1 heterocycles. The van der Waals surface area contributed by atoms with E-state index in [9.17, 15) is 14.4 Å². The van der Waals surface area contributed by atoms with Gasteiger partial charge in [-0.05, 0) is 74.2 Å². The fourth-order valence-corrected chi connectivity index (χ4v) is 5.25. The number of urea groups is 1. The van der Waals surface area contributed by atoms with Crippen LogP contribution in [0.4, 0.5) is 10.5 Å². The minimum absolute atomic E-state index is 0.0778. The van der Waals surface area contributed by atoms with Crippen molar-refractivity contribution in [3.05, 3.63) is 53.6 Å². The summed E-state index contributed by atoms with van der Waals surface area (Å²) in [6.07, 6.45) is 4.43. The number of hydrogen-bond acceptors (Lipinski definition) is 4. The van der Waals surface area contributed by atoms with Crippen LogP contribution in [0.3, 0.4) is 0 Å². The molecule has 2 aliphatic rings. The summed E-state index contributed by atoms with van der Waals surface area (Å²) in [4.78, 5) is 41.0. The molecule has 0 radical (unpaired) electrons. The van der Waals surface area contributed by atoms with Crippen LogP contribution in [0.5, 0.6) is 0 Å². The molecule has 6 nitrogen and oxygen atoms in total. The molecule has 0 bridgehead atoms. The SMILES string of the molecule is Cc1ccc(Sc2ccc(NC(=O)CCN3C(=O)NC4(CCCCC4)C3=O)cc2)cc1C. The molecule has 7 heteroatoms. The van der Waals surface area contributed by atoms with E-state index < -0.39 is 5.54 Å². The second-order valence-electron chi connectivity index (χ2n) is 8.70. The van der Waals surface area contributed by atoms with Crippen LogP contribution in [0.15, 0.2) is 52.3 Å². The number of benzene rings is 2. The van der Waals surface area contributed by atoms with Crippen molar-refractivity contribution in [2.75, 3.05) is 11.9 Å². The van der Waals surface area contributed by atoms with E-state index in [1.165, 1.54) is 20.9 Å². The number of imide groups is 1. The van der Waals surface area contributed by atoms with E-state index in [0.29, 0.717) is 18.5 Å². The summed E-state index contributed by atoms with van der Waals surface area (Å²) >= 11 is 1.67. The van der Waals surface area contributed by atoms with E-state index >= 15 is 0 Å². The van der Waals surface area contributed by atoms with Gasteiger partial charge in [-0.3, -0.25) is 14.5 Å². The van der Waals surface area contributed by atoms with Gasteiger partial charge in [0.2, 0.25) is 5.91 Å². The first-order valence-corrected chi connectivity index (χ1v) is 12.0. The van der Waals surface area contributed by atoms with Gasteiger partial charge < -0.3 is 10.6 Å². The summed E-state index contributed by atoms with van der Waals surface area (Å²) < 4.78 is 0. The van der Waals surface area contributed by atoms with E-state index in [2.05, 4.69) is 42.7 Å². The summed E-state index contributed by atoms with van der Waals surface area (Å²) in [5.41, 5.74) is 2.49. The lowest BCUT2D eigenvalue weighted by molar-refractivity contribution is -0.132. The molecule has 0 aromatic heterocycles. The van der Waals surface area contributed by atoms with Gasteiger partial charge in [0, 0.05) is 28.4 Å². The molecule has 0 unspecified atom stereocenters. The first-order chi connectivity index (χ1) is 15.4. The van der Waals surface area contributed by atoms with Crippen LogP contribution in [0.25, 0.3) is 0 Å². The van der Waals surface area contributed by atoms with Gasteiger partial charge in [0.1, 0.15) is 5.54 Å². The molecular weight excluding hydrogens is 422 g/mol. The minimum Gasteiger partial charge on any atom is -0.326 e. The van der Waals surface area contributed by atoms with Crippen molar-refractivity contribution < 1.29 is 14.4 Å². The second kappa shape index (κ2) is 9.36. The third-order valence-corrected chi connectivity index (χ3v) is 7.37. The Morgan fingerprint density at radius 1 is 1.00 bits per heavy atom. The molecule has 2 N–H and O–H groups in total. The Balaban J connectivity index is 1.29. The Morgan fingerprint density at radius 2 is 1.69 bits per heavy atom. The van der Waals surface area contributed by atoms with Crippen molar-refractivity contribution in [2.45, 2.75) is 67.7 Å². The molecule has 2 aromatic rings. The van der Waals surface area contributed by atoms with Crippen LogP contribution >= 0.6 is 11.8 Å². The fourth-order valence-electron chi connectivity index (χ4n) is 4.33. The number of carbonyl (C=O) groups is 3. The Kier molecular flexibility index (Phi) is 6.55. The predicted molar refractivity (Wildman–Crippen MR) is 126 cm³/mol. The van der Waals surface area contributed by atoms with Crippen LogP contribution in [0.1, 0.15) is 49.7 Å². The summed E-state index contributed by atoms with van der Waals surface area (Å²) in [6.45, 7) is 4.30. The summed E-state index contributed by atoms with van der Waals surface area (Å²) in [6, 6.07) is 13.7. The standard InChI is InChI=1S/C25H29N3O3S/c1-17-6-9-21(16-18(17)2)32-20-10-7-19(8-11-20)26-22(29)12-15-28-23(30)25(27-24(28)31)13-4-3-5-14-25/h6-11,16H,3-5,12-15H2,1-2H3,(H,26,29)(H,27,31). The molecular formula is C25H29N3O3S. The molecule has 1 spiro atoms. The third-order valence-electron chi connectivity index (χ3n) is 6.37. The number of rotatable bonds is 6. The lowest BCUT2D eigenvalue weighted by Gasteiger charge is -2.30. The maximum Gasteiger partial charge on any atom is 0.325 e. The highest BCUT2D eigenvalue weighted by Crippen LogP contribution is 2.34. The van der Waals surface area contributed by atoms with E-state index in [1.807, 2.05) is 24.3 Å². The largest absolute Gasteiger partial charge is 0.326 e. The highest BCUT2D eigenvalue weighted by Gasteiger charge is 2.51. The van der Waals surface area contributed by atoms with Crippen LogP contribution in [-0.4, -0.2) is 34.8 Å². The van der Waals surface area contributed by atoms with Crippen molar-refractivity contribution in [1.82, 2.24) is 10.2 Å². The highest BCUT2D eigenvalue weighted by atomic mass is 32.2. The minimum atomic E-state index is -0.741. The van der Waals surface area contributed by atoms with E-state index in [4.69, 9.17) is 0 Å². The number of aryl methyl sites for hydroxylation is 2. The lowest BCUT2D eigenvalue weighted by atomic mass is 9.82. The number of carbonyl (C=O) groups excluding carboxylic acids is 3. The molecule has 1 aliphatic heterocycles. The summed E-state index contributed by atoms with van der Waals surface area (Å²) in [7, 11) is 0. The average molecular weight is 452 g/mol. The van der Waals surface area contributed by atoms with Gasteiger partial charge >= 0.3 is 6.03 Å². The zero-order chi connectivity index (χ0) is 22.7. The predicted octanol–water partition coefficient (Wildman–Crippen LogP) is 5.04. The zero-order valence-corrected chi connectivity index (χ0v) is 19.4. The molecule has 1 aliphatic carbocycles. The van der Waals surface area contributed by atoms with Crippen LogP contribution in [0, 0.1) is 13.8 Å². The van der Waals surface area contributed by atoms with Crippen molar-refractivity contribution in [1.29, 1.82) is 0 Å². The molecule has 4 amide bonds. The topological polar surface area (TPSA) is 78.5 Å². The van der Waals surface area contributed by atoms with E-state index in [-0.39, 0.29) is 30.8 Å². The smallest absolute Gasteiger partial charge is 0.325 e. The number of amides is 4. The fraction of sp³-hybridized carbons (Fsp3) is 0.400. The molecule has 1 saturated carbocycles. The second-order valence-corrected chi connectivity index (χ2v) is 9.85. The number of nitrogens with zero attached hydrogens (tertiary/aromatic N) is 1. The van der Waals surface area contributed by atoms with Gasteiger partial charge in [-0.1, -0.05) is 37.1 Å². The van der Waals surface area contributed by atoms with Crippen LogP contribution in [0.2, 0.25) is 0 Å². The van der Waals surface area contributed by atoms with E-state index in [1.54, 1.807) is 11.8 Å². The van der Waals surface area contributed by atoms with Crippen molar-refractivity contribution in [3.63, 3.8) is 0 Å². The van der Waals surface area contributed by atoms with Crippen LogP contribution < -0.4 is 10.6 Å². The molecule has 168 valence electrons. The lowest BCUT2D eigenvalue weighted by Crippen LogP contribution is -2.48. The maximum absolute atomic E-state index is 12.8. The Hall–Kier alpha value is -2.80. The van der Waals surface area contributed by atoms with Crippen molar-refractivity contribution >= 4 is 35.3 Å².